The van der Waals surface area contributed by atoms with Crippen molar-refractivity contribution in [3.8, 4) is 0 Å². The molecule has 1 fully saturated rings. The molecule has 2 atom stereocenters. The Morgan fingerprint density at radius 3 is 2.75 bits per heavy atom. The fourth-order valence-electron chi connectivity index (χ4n) is 2.66. The monoisotopic (exact) mass is 355 g/mol. The molecule has 1 saturated heterocycles. The normalized spacial score (nSPS) is 21.0. The number of rotatable bonds is 4. The smallest absolute Gasteiger partial charge is 0.241 e. The molecule has 2 heterocycles. The van der Waals surface area contributed by atoms with E-state index in [0.717, 1.165) is 12.1 Å². The summed E-state index contributed by atoms with van der Waals surface area (Å²) in [5, 5.41) is 8.17. The molecule has 0 bridgehead atoms. The molecule has 1 aliphatic heterocycles. The number of pyridine rings is 1. The van der Waals surface area contributed by atoms with E-state index in [1.165, 1.54) is 24.4 Å². The number of nitrogens with zero attached hydrogens (tertiary/aromatic N) is 1. The predicted molar refractivity (Wildman–Crippen MR) is 82.7 cm³/mol. The van der Waals surface area contributed by atoms with Crippen molar-refractivity contribution in [3.05, 3.63) is 53.7 Å². The molecule has 3 N–H and O–H groups in total. The Hall–Kier alpha value is -2.10. The van der Waals surface area contributed by atoms with E-state index in [9.17, 15) is 17.2 Å². The molecule has 0 saturated carbocycles. The lowest BCUT2D eigenvalue weighted by Gasteiger charge is -2.21. The Bertz CT molecular complexity index is 861. The van der Waals surface area contributed by atoms with Gasteiger partial charge in [-0.2, -0.15) is 0 Å². The van der Waals surface area contributed by atoms with Crippen LogP contribution in [0.25, 0.3) is 0 Å². The number of sulfonamides is 1. The first-order chi connectivity index (χ1) is 11.4. The molecule has 24 heavy (non-hydrogen) atoms. The first-order valence-corrected chi connectivity index (χ1v) is 8.72. The number of ether oxygens (including phenoxy) is 1. The van der Waals surface area contributed by atoms with Crippen LogP contribution in [0.5, 0.6) is 0 Å². The van der Waals surface area contributed by atoms with Crippen LogP contribution in [-0.4, -0.2) is 26.1 Å². The van der Waals surface area contributed by atoms with Gasteiger partial charge < -0.3 is 10.1 Å². The first kappa shape index (κ1) is 16.7. The number of aromatic nitrogens is 1. The molecule has 128 valence electrons. The van der Waals surface area contributed by atoms with E-state index in [-0.39, 0.29) is 16.8 Å². The highest BCUT2D eigenvalue weighted by Crippen LogP contribution is 2.32. The molecule has 1 aromatic heterocycles. The average molecular weight is 355 g/mol. The first-order valence-electron chi connectivity index (χ1n) is 7.17. The zero-order valence-electron chi connectivity index (χ0n) is 12.4. The van der Waals surface area contributed by atoms with Crippen molar-refractivity contribution < 1.29 is 21.9 Å². The van der Waals surface area contributed by atoms with E-state index in [2.05, 4.69) is 10.3 Å². The lowest BCUT2D eigenvalue weighted by Crippen LogP contribution is -2.26. The molecule has 1 aromatic carbocycles. The van der Waals surface area contributed by atoms with Gasteiger partial charge in [-0.3, -0.25) is 0 Å². The summed E-state index contributed by atoms with van der Waals surface area (Å²) in [6, 6.07) is 5.97. The SMILES string of the molecule is NS(=O)(=O)c1cccnc1NC1CCOC1c1ccc(F)c(F)c1. The van der Waals surface area contributed by atoms with Crippen LogP contribution in [0.1, 0.15) is 18.1 Å². The van der Waals surface area contributed by atoms with Gasteiger partial charge in [0.2, 0.25) is 10.0 Å². The van der Waals surface area contributed by atoms with Crippen LogP contribution < -0.4 is 10.5 Å². The third kappa shape index (κ3) is 3.37. The van der Waals surface area contributed by atoms with Gasteiger partial charge in [0, 0.05) is 12.8 Å². The number of nitrogens with two attached hydrogens (primary N) is 1. The maximum atomic E-state index is 13.4. The highest BCUT2D eigenvalue weighted by molar-refractivity contribution is 7.89. The van der Waals surface area contributed by atoms with E-state index < -0.39 is 27.8 Å². The van der Waals surface area contributed by atoms with E-state index >= 15 is 0 Å². The molecule has 3 rings (SSSR count). The van der Waals surface area contributed by atoms with Crippen molar-refractivity contribution in [2.75, 3.05) is 11.9 Å². The summed E-state index contributed by atoms with van der Waals surface area (Å²) in [5.41, 5.74) is 0.456. The van der Waals surface area contributed by atoms with Gasteiger partial charge in [0.15, 0.2) is 11.6 Å². The van der Waals surface area contributed by atoms with Crippen LogP contribution in [0.4, 0.5) is 14.6 Å². The minimum absolute atomic E-state index is 0.100. The molecule has 0 aliphatic carbocycles. The lowest BCUT2D eigenvalue weighted by molar-refractivity contribution is 0.107. The number of nitrogens with one attached hydrogen (secondary N) is 1. The summed E-state index contributed by atoms with van der Waals surface area (Å²) in [6.45, 7) is 0.388. The maximum absolute atomic E-state index is 13.4. The Labute approximate surface area is 137 Å². The van der Waals surface area contributed by atoms with Gasteiger partial charge in [-0.1, -0.05) is 6.07 Å². The Morgan fingerprint density at radius 2 is 2.04 bits per heavy atom. The molecular formula is C15H15F2N3O3S. The molecule has 0 radical (unpaired) electrons. The number of hydrogen-bond donors (Lipinski definition) is 2. The van der Waals surface area contributed by atoms with Gasteiger partial charge in [0.1, 0.15) is 16.8 Å². The van der Waals surface area contributed by atoms with Crippen LogP contribution in [0.3, 0.4) is 0 Å². The number of halogens is 2. The van der Waals surface area contributed by atoms with E-state index in [1.54, 1.807) is 0 Å². The van der Waals surface area contributed by atoms with Gasteiger partial charge in [-0.05, 0) is 36.2 Å². The standard InChI is InChI=1S/C15H15F2N3O3S/c16-10-4-3-9(8-11(10)17)14-12(5-7-23-14)20-15-13(24(18,21)22)2-1-6-19-15/h1-4,6,8,12,14H,5,7H2,(H,19,20)(H2,18,21,22). The van der Waals surface area contributed by atoms with Gasteiger partial charge >= 0.3 is 0 Å². The van der Waals surface area contributed by atoms with Gasteiger partial charge in [-0.15, -0.1) is 0 Å². The topological polar surface area (TPSA) is 94.3 Å². The minimum Gasteiger partial charge on any atom is -0.371 e. The fraction of sp³-hybridized carbons (Fsp3) is 0.267. The minimum atomic E-state index is -3.94. The number of primary sulfonamides is 1. The van der Waals surface area contributed by atoms with Crippen molar-refractivity contribution in [1.82, 2.24) is 4.98 Å². The molecular weight excluding hydrogens is 340 g/mol. The van der Waals surface area contributed by atoms with Gasteiger partial charge in [0.05, 0.1) is 6.04 Å². The second-order valence-electron chi connectivity index (χ2n) is 5.40. The molecule has 9 heteroatoms. The van der Waals surface area contributed by atoms with E-state index in [0.29, 0.717) is 18.6 Å². The lowest BCUT2D eigenvalue weighted by atomic mass is 10.0. The fourth-order valence-corrected chi connectivity index (χ4v) is 3.31. The van der Waals surface area contributed by atoms with Crippen LogP contribution in [0, 0.1) is 11.6 Å². The molecule has 1 aliphatic rings. The van der Waals surface area contributed by atoms with Crippen LogP contribution in [0.15, 0.2) is 41.4 Å². The highest BCUT2D eigenvalue weighted by Gasteiger charge is 2.31. The van der Waals surface area contributed by atoms with Crippen molar-refractivity contribution in [1.29, 1.82) is 0 Å². The Balaban J connectivity index is 1.89. The summed E-state index contributed by atoms with van der Waals surface area (Å²) in [4.78, 5) is 3.87. The Morgan fingerprint density at radius 1 is 1.25 bits per heavy atom. The highest BCUT2D eigenvalue weighted by atomic mass is 32.2. The summed E-state index contributed by atoms with van der Waals surface area (Å²) in [6.07, 6.45) is 1.42. The second kappa shape index (κ2) is 6.42. The largest absolute Gasteiger partial charge is 0.371 e. The third-order valence-corrected chi connectivity index (χ3v) is 4.71. The summed E-state index contributed by atoms with van der Waals surface area (Å²) >= 11 is 0. The van der Waals surface area contributed by atoms with Gasteiger partial charge in [0.25, 0.3) is 0 Å². The molecule has 6 nitrogen and oxygen atoms in total. The summed E-state index contributed by atoms with van der Waals surface area (Å²) in [7, 11) is -3.94. The second-order valence-corrected chi connectivity index (χ2v) is 6.93. The van der Waals surface area contributed by atoms with Crippen LogP contribution in [-0.2, 0) is 14.8 Å². The van der Waals surface area contributed by atoms with Crippen molar-refractivity contribution in [3.63, 3.8) is 0 Å². The molecule has 0 amide bonds. The van der Waals surface area contributed by atoms with Gasteiger partial charge in [-0.25, -0.2) is 27.3 Å². The van der Waals surface area contributed by atoms with Crippen molar-refractivity contribution >= 4 is 15.8 Å². The predicted octanol–water partition coefficient (Wildman–Crippen LogP) is 1.95. The quantitative estimate of drug-likeness (QED) is 0.874. The zero-order chi connectivity index (χ0) is 17.3. The number of anilines is 1. The van der Waals surface area contributed by atoms with Crippen LogP contribution >= 0.6 is 0 Å². The Kier molecular flexibility index (Phi) is 4.48. The van der Waals surface area contributed by atoms with E-state index in [1.807, 2.05) is 0 Å². The molecule has 0 spiro atoms. The van der Waals surface area contributed by atoms with Crippen molar-refractivity contribution in [2.24, 2.45) is 5.14 Å². The summed E-state index contributed by atoms with van der Waals surface area (Å²) < 4.78 is 55.4. The van der Waals surface area contributed by atoms with E-state index in [4.69, 9.17) is 9.88 Å². The molecule has 2 unspecified atom stereocenters. The molecule has 2 aromatic rings. The summed E-state index contributed by atoms with van der Waals surface area (Å²) in [5.74, 6) is -1.81. The maximum Gasteiger partial charge on any atom is 0.241 e. The van der Waals surface area contributed by atoms with Crippen molar-refractivity contribution in [2.45, 2.75) is 23.5 Å². The zero-order valence-corrected chi connectivity index (χ0v) is 13.3. The van der Waals surface area contributed by atoms with Crippen LogP contribution in [0.2, 0.25) is 0 Å². The average Bonchev–Trinajstić information content (AvgIpc) is 2.98. The number of hydrogen-bond acceptors (Lipinski definition) is 5. The number of benzene rings is 1. The third-order valence-electron chi connectivity index (χ3n) is 3.76.